The van der Waals surface area contributed by atoms with E-state index < -0.39 is 67.2 Å². The van der Waals surface area contributed by atoms with Gasteiger partial charge in [-0.3, -0.25) is 19.2 Å². The van der Waals surface area contributed by atoms with Crippen LogP contribution in [0, 0.1) is 0 Å². The van der Waals surface area contributed by atoms with Crippen LogP contribution < -0.4 is 4.74 Å². The van der Waals surface area contributed by atoms with Crippen molar-refractivity contribution >= 4 is 29.8 Å². The van der Waals surface area contributed by atoms with Crippen molar-refractivity contribution in [3.8, 4) is 5.75 Å². The second-order valence-electron chi connectivity index (χ2n) is 6.99. The Labute approximate surface area is 188 Å². The minimum atomic E-state index is -1.52. The molecule has 1 heterocycles. The summed E-state index contributed by atoms with van der Waals surface area (Å²) >= 11 is 0. The molecule has 33 heavy (non-hydrogen) atoms. The lowest BCUT2D eigenvalue weighted by Crippen LogP contribution is -2.63. The van der Waals surface area contributed by atoms with Gasteiger partial charge in [0.15, 0.2) is 12.2 Å². The van der Waals surface area contributed by atoms with E-state index in [2.05, 4.69) is 0 Å². The zero-order valence-electron chi connectivity index (χ0n) is 18.3. The number of carboxylic acids is 1. The standard InChI is InChI=1S/C21H24O12/c1-10(22)28-9-16-17(29-11(2)23)18(30-12(3)24)19(31-13(4)25)21(33-16)32-15-8-6-5-7-14(15)20(26)27/h5-8,16-19,21H,9H2,1-4H3,(H,26,27)/t16?,17-,18+,19+,21-/m1/s1. The number of carbonyl (C=O) groups excluding carboxylic acids is 4. The maximum absolute atomic E-state index is 11.8. The second-order valence-corrected chi connectivity index (χ2v) is 6.99. The molecule has 0 radical (unpaired) electrons. The summed E-state index contributed by atoms with van der Waals surface area (Å²) in [5.41, 5.74) is -0.217. The second kappa shape index (κ2) is 11.3. The van der Waals surface area contributed by atoms with Gasteiger partial charge in [0.2, 0.25) is 12.4 Å². The van der Waals surface area contributed by atoms with Crippen molar-refractivity contribution in [3.63, 3.8) is 0 Å². The molecule has 1 saturated heterocycles. The van der Waals surface area contributed by atoms with Crippen molar-refractivity contribution in [1.29, 1.82) is 0 Å². The van der Waals surface area contributed by atoms with Crippen molar-refractivity contribution in [3.05, 3.63) is 29.8 Å². The van der Waals surface area contributed by atoms with Crippen LogP contribution in [0.15, 0.2) is 24.3 Å². The number of ether oxygens (including phenoxy) is 6. The highest BCUT2D eigenvalue weighted by atomic mass is 16.7. The molecule has 1 aliphatic heterocycles. The molecular formula is C21H24O12. The van der Waals surface area contributed by atoms with Gasteiger partial charge in [-0.25, -0.2) is 4.79 Å². The zero-order valence-corrected chi connectivity index (χ0v) is 18.3. The van der Waals surface area contributed by atoms with E-state index in [9.17, 15) is 29.1 Å². The number of hydrogen-bond donors (Lipinski definition) is 1. The third-order valence-electron chi connectivity index (χ3n) is 4.31. The molecule has 0 bridgehead atoms. The lowest BCUT2D eigenvalue weighted by Gasteiger charge is -2.44. The summed E-state index contributed by atoms with van der Waals surface area (Å²) in [5.74, 6) is -4.47. The number of carbonyl (C=O) groups is 5. The number of esters is 4. The molecule has 0 saturated carbocycles. The molecule has 1 aliphatic rings. The van der Waals surface area contributed by atoms with Crippen LogP contribution in [0.2, 0.25) is 0 Å². The van der Waals surface area contributed by atoms with Gasteiger partial charge in [0, 0.05) is 27.7 Å². The summed E-state index contributed by atoms with van der Waals surface area (Å²) < 4.78 is 32.3. The van der Waals surface area contributed by atoms with Crippen molar-refractivity contribution in [1.82, 2.24) is 0 Å². The summed E-state index contributed by atoms with van der Waals surface area (Å²) in [6, 6.07) is 5.61. The van der Waals surface area contributed by atoms with Gasteiger partial charge in [-0.1, -0.05) is 12.1 Å². The van der Waals surface area contributed by atoms with Crippen LogP contribution in [-0.4, -0.2) is 72.3 Å². The van der Waals surface area contributed by atoms with Gasteiger partial charge < -0.3 is 33.5 Å². The largest absolute Gasteiger partial charge is 0.478 e. The molecule has 0 amide bonds. The minimum absolute atomic E-state index is 0.133. The fourth-order valence-corrected chi connectivity index (χ4v) is 3.15. The molecule has 12 heteroatoms. The summed E-state index contributed by atoms with van der Waals surface area (Å²) in [6.07, 6.45) is -6.97. The molecule has 12 nitrogen and oxygen atoms in total. The van der Waals surface area contributed by atoms with Crippen LogP contribution in [0.1, 0.15) is 38.1 Å². The number of rotatable bonds is 8. The molecular weight excluding hydrogens is 444 g/mol. The fraction of sp³-hybridized carbons (Fsp3) is 0.476. The van der Waals surface area contributed by atoms with E-state index in [1.807, 2.05) is 0 Å². The normalized spacial score (nSPS) is 24.2. The van der Waals surface area contributed by atoms with Crippen LogP contribution in [0.5, 0.6) is 5.75 Å². The monoisotopic (exact) mass is 468 g/mol. The van der Waals surface area contributed by atoms with Crippen LogP contribution in [-0.2, 0) is 42.9 Å². The third-order valence-corrected chi connectivity index (χ3v) is 4.31. The number of aromatic carboxylic acids is 1. The molecule has 0 spiro atoms. The predicted octanol–water partition coefficient (Wildman–Crippen LogP) is 0.847. The Morgan fingerprint density at radius 3 is 1.91 bits per heavy atom. The summed E-state index contributed by atoms with van der Waals surface area (Å²) in [6.45, 7) is 3.98. The quantitative estimate of drug-likeness (QED) is 0.423. The van der Waals surface area contributed by atoms with E-state index in [0.717, 1.165) is 27.7 Å². The Morgan fingerprint density at radius 2 is 1.36 bits per heavy atom. The summed E-state index contributed by atoms with van der Waals surface area (Å²) in [7, 11) is 0. The van der Waals surface area contributed by atoms with Gasteiger partial charge in [-0.05, 0) is 12.1 Å². The van der Waals surface area contributed by atoms with Crippen molar-refractivity contribution in [2.75, 3.05) is 6.61 Å². The molecule has 0 aromatic heterocycles. The van der Waals surface area contributed by atoms with Crippen molar-refractivity contribution in [2.45, 2.75) is 58.4 Å². The fourth-order valence-electron chi connectivity index (χ4n) is 3.15. The van der Waals surface area contributed by atoms with E-state index in [-0.39, 0.29) is 11.3 Å². The molecule has 0 aliphatic carbocycles. The van der Waals surface area contributed by atoms with E-state index >= 15 is 0 Å². The Bertz CT molecular complexity index is 910. The molecule has 2 rings (SSSR count). The summed E-state index contributed by atoms with van der Waals surface area (Å²) in [5, 5.41) is 9.43. The van der Waals surface area contributed by atoms with E-state index in [1.54, 1.807) is 0 Å². The lowest BCUT2D eigenvalue weighted by atomic mass is 9.98. The Morgan fingerprint density at radius 1 is 0.818 bits per heavy atom. The lowest BCUT2D eigenvalue weighted by molar-refractivity contribution is -0.288. The minimum Gasteiger partial charge on any atom is -0.478 e. The highest BCUT2D eigenvalue weighted by Crippen LogP contribution is 2.32. The van der Waals surface area contributed by atoms with Gasteiger partial charge >= 0.3 is 29.8 Å². The van der Waals surface area contributed by atoms with Gasteiger partial charge in [0.25, 0.3) is 0 Å². The van der Waals surface area contributed by atoms with E-state index in [1.165, 1.54) is 24.3 Å². The topological polar surface area (TPSA) is 161 Å². The molecule has 1 N–H and O–H groups in total. The molecule has 1 unspecified atom stereocenters. The van der Waals surface area contributed by atoms with Gasteiger partial charge in [-0.15, -0.1) is 0 Å². The van der Waals surface area contributed by atoms with Gasteiger partial charge in [0.05, 0.1) is 0 Å². The first-order valence-corrected chi connectivity index (χ1v) is 9.79. The van der Waals surface area contributed by atoms with E-state index in [0.29, 0.717) is 0 Å². The smallest absolute Gasteiger partial charge is 0.339 e. The highest BCUT2D eigenvalue weighted by molar-refractivity contribution is 5.90. The Hall–Kier alpha value is -3.67. The number of benzene rings is 1. The summed E-state index contributed by atoms with van der Waals surface area (Å²) in [4.78, 5) is 58.2. The molecule has 5 atom stereocenters. The SMILES string of the molecule is CC(=O)OCC1O[C@@H](Oc2ccccc2C(=O)O)[C@@H](OC(C)=O)[C@@H](OC(C)=O)[C@@H]1OC(C)=O. The van der Waals surface area contributed by atoms with Gasteiger partial charge in [-0.2, -0.15) is 0 Å². The zero-order chi connectivity index (χ0) is 24.7. The van der Waals surface area contributed by atoms with Crippen LogP contribution in [0.4, 0.5) is 0 Å². The Kier molecular flexibility index (Phi) is 8.74. The van der Waals surface area contributed by atoms with Crippen LogP contribution in [0.25, 0.3) is 0 Å². The maximum atomic E-state index is 11.8. The van der Waals surface area contributed by atoms with E-state index in [4.69, 9.17) is 28.4 Å². The number of para-hydroxylation sites is 1. The van der Waals surface area contributed by atoms with Crippen molar-refractivity contribution in [2.24, 2.45) is 0 Å². The first kappa shape index (κ1) is 25.6. The molecule has 1 aromatic rings. The van der Waals surface area contributed by atoms with Crippen LogP contribution in [0.3, 0.4) is 0 Å². The molecule has 180 valence electrons. The predicted molar refractivity (Wildman–Crippen MR) is 106 cm³/mol. The number of carboxylic acid groups (broad SMARTS) is 1. The highest BCUT2D eigenvalue weighted by Gasteiger charge is 2.53. The van der Waals surface area contributed by atoms with Crippen molar-refractivity contribution < 1.29 is 57.5 Å². The number of hydrogen-bond acceptors (Lipinski definition) is 11. The maximum Gasteiger partial charge on any atom is 0.339 e. The van der Waals surface area contributed by atoms with Gasteiger partial charge in [0.1, 0.15) is 24.0 Å². The Balaban J connectivity index is 2.51. The molecule has 1 aromatic carbocycles. The first-order valence-electron chi connectivity index (χ1n) is 9.79. The average molecular weight is 468 g/mol. The molecule has 1 fully saturated rings. The van der Waals surface area contributed by atoms with Crippen LogP contribution >= 0.6 is 0 Å². The average Bonchev–Trinajstić information content (AvgIpc) is 2.70. The first-order chi connectivity index (χ1) is 15.5. The third kappa shape index (κ3) is 7.17.